The van der Waals surface area contributed by atoms with E-state index in [0.29, 0.717) is 35.7 Å². The molecule has 1 saturated heterocycles. The number of nitriles is 1. The number of nitrogens with one attached hydrogen (secondary N) is 1. The second-order valence-corrected chi connectivity index (χ2v) is 9.96. The van der Waals surface area contributed by atoms with Gasteiger partial charge in [-0.25, -0.2) is 0 Å². The van der Waals surface area contributed by atoms with Gasteiger partial charge in [-0.1, -0.05) is 27.7 Å². The van der Waals surface area contributed by atoms with Crippen molar-refractivity contribution in [3.63, 3.8) is 0 Å². The number of nitrogens with zero attached hydrogens (tertiary/aromatic N) is 2. The molecular weight excluding hydrogens is 418 g/mol. The predicted molar refractivity (Wildman–Crippen MR) is 125 cm³/mol. The zero-order chi connectivity index (χ0) is 24.0. The molecule has 2 fully saturated rings. The minimum atomic E-state index is -0.321. The monoisotopic (exact) mass is 447 g/mol. The summed E-state index contributed by atoms with van der Waals surface area (Å²) in [5, 5.41) is 12.4. The summed E-state index contributed by atoms with van der Waals surface area (Å²) in [6.45, 7) is 9.19. The highest BCUT2D eigenvalue weighted by Gasteiger charge is 2.64. The number of methoxy groups -OCH3 is 1. The number of benzene rings is 2. The van der Waals surface area contributed by atoms with E-state index < -0.39 is 0 Å². The third-order valence-corrected chi connectivity index (χ3v) is 6.89. The Balaban J connectivity index is 1.45. The minimum Gasteiger partial charge on any atom is -0.495 e. The topological polar surface area (TPSA) is 91.7 Å². The molecule has 0 aromatic heterocycles. The van der Waals surface area contributed by atoms with Crippen LogP contribution in [0.3, 0.4) is 0 Å². The summed E-state index contributed by atoms with van der Waals surface area (Å²) in [6, 6.07) is 14.5. The first-order valence-electron chi connectivity index (χ1n) is 11.0. The molecule has 1 aliphatic heterocycles. The van der Waals surface area contributed by atoms with Crippen LogP contribution in [-0.2, 0) is 4.79 Å². The molecule has 1 heterocycles. The van der Waals surface area contributed by atoms with E-state index in [1.54, 1.807) is 30.3 Å². The first kappa shape index (κ1) is 22.7. The zero-order valence-electron chi connectivity index (χ0n) is 19.6. The lowest BCUT2D eigenvalue weighted by Gasteiger charge is -2.63. The largest absolute Gasteiger partial charge is 0.495 e. The van der Waals surface area contributed by atoms with E-state index in [1.165, 1.54) is 7.11 Å². The van der Waals surface area contributed by atoms with Crippen molar-refractivity contribution in [2.24, 2.45) is 10.8 Å². The first-order chi connectivity index (χ1) is 15.6. The standard InChI is InChI=1S/C26H29N3O4/c1-25(2)23(28-22(31)16-6-9-18(10-7-16)29-14-19(30)15-29)26(3,4)24(25)33-20-11-8-17(13-27)21(12-20)32-5/h6-12,23-24H,14-15H2,1-5H3,(H,28,31). The van der Waals surface area contributed by atoms with Crippen LogP contribution in [0, 0.1) is 22.2 Å². The number of anilines is 1. The number of ether oxygens (including phenoxy) is 2. The normalized spacial score (nSPS) is 22.4. The molecule has 2 aliphatic rings. The molecule has 2 aromatic carbocycles. The highest BCUT2D eigenvalue weighted by molar-refractivity contribution is 5.97. The molecule has 4 rings (SSSR count). The smallest absolute Gasteiger partial charge is 0.251 e. The van der Waals surface area contributed by atoms with Gasteiger partial charge in [0.2, 0.25) is 0 Å². The van der Waals surface area contributed by atoms with Crippen molar-refractivity contribution in [1.29, 1.82) is 5.26 Å². The molecule has 1 saturated carbocycles. The van der Waals surface area contributed by atoms with Crippen LogP contribution in [-0.4, -0.2) is 44.0 Å². The van der Waals surface area contributed by atoms with E-state index in [2.05, 4.69) is 39.1 Å². The Morgan fingerprint density at radius 1 is 1.09 bits per heavy atom. The number of rotatable bonds is 6. The summed E-state index contributed by atoms with van der Waals surface area (Å²) in [4.78, 5) is 26.2. The van der Waals surface area contributed by atoms with E-state index in [9.17, 15) is 14.9 Å². The first-order valence-corrected chi connectivity index (χ1v) is 11.0. The van der Waals surface area contributed by atoms with Gasteiger partial charge in [0, 0.05) is 34.2 Å². The Labute approximate surface area is 194 Å². The third kappa shape index (κ3) is 3.91. The maximum Gasteiger partial charge on any atom is 0.251 e. The van der Waals surface area contributed by atoms with Crippen molar-refractivity contribution in [3.05, 3.63) is 53.6 Å². The molecule has 0 atom stereocenters. The van der Waals surface area contributed by atoms with Gasteiger partial charge in [-0.2, -0.15) is 5.26 Å². The van der Waals surface area contributed by atoms with Gasteiger partial charge in [0.05, 0.1) is 25.8 Å². The number of Topliss-reactive ketones (excluding diaryl/α,β-unsaturated/α-hetero) is 1. The number of ketones is 1. The van der Waals surface area contributed by atoms with Crippen molar-refractivity contribution in [2.45, 2.75) is 39.8 Å². The maximum absolute atomic E-state index is 13.0. The van der Waals surface area contributed by atoms with Crippen LogP contribution in [0.25, 0.3) is 0 Å². The molecule has 7 nitrogen and oxygen atoms in total. The van der Waals surface area contributed by atoms with Gasteiger partial charge >= 0.3 is 0 Å². The maximum atomic E-state index is 13.0. The lowest BCUT2D eigenvalue weighted by molar-refractivity contribution is -0.164. The number of amides is 1. The summed E-state index contributed by atoms with van der Waals surface area (Å²) in [5.74, 6) is 1.19. The van der Waals surface area contributed by atoms with Gasteiger partial charge in [0.1, 0.15) is 23.7 Å². The Morgan fingerprint density at radius 2 is 1.73 bits per heavy atom. The van der Waals surface area contributed by atoms with Gasteiger partial charge in [-0.15, -0.1) is 0 Å². The van der Waals surface area contributed by atoms with E-state index in [4.69, 9.17) is 9.47 Å². The average Bonchev–Trinajstić information content (AvgIpc) is 2.78. The molecule has 1 aliphatic carbocycles. The van der Waals surface area contributed by atoms with Crippen molar-refractivity contribution < 1.29 is 19.1 Å². The quantitative estimate of drug-likeness (QED) is 0.728. The summed E-state index contributed by atoms with van der Waals surface area (Å²) < 4.78 is 11.6. The van der Waals surface area contributed by atoms with Crippen molar-refractivity contribution >= 4 is 17.4 Å². The molecule has 7 heteroatoms. The van der Waals surface area contributed by atoms with Crippen LogP contribution in [0.4, 0.5) is 5.69 Å². The summed E-state index contributed by atoms with van der Waals surface area (Å²) >= 11 is 0. The second kappa shape index (κ2) is 8.11. The van der Waals surface area contributed by atoms with E-state index in [1.807, 2.05) is 17.0 Å². The summed E-state index contributed by atoms with van der Waals surface area (Å²) in [6.07, 6.45) is -0.153. The fourth-order valence-corrected chi connectivity index (χ4v) is 5.37. The van der Waals surface area contributed by atoms with Crippen LogP contribution in [0.2, 0.25) is 0 Å². The van der Waals surface area contributed by atoms with Crippen LogP contribution in [0.15, 0.2) is 42.5 Å². The van der Waals surface area contributed by atoms with Crippen LogP contribution < -0.4 is 19.7 Å². The zero-order valence-corrected chi connectivity index (χ0v) is 19.6. The number of carbonyl (C=O) groups is 2. The highest BCUT2D eigenvalue weighted by atomic mass is 16.5. The second-order valence-electron chi connectivity index (χ2n) is 9.96. The number of hydrogen-bond donors (Lipinski definition) is 1. The number of carbonyl (C=O) groups excluding carboxylic acids is 2. The summed E-state index contributed by atoms with van der Waals surface area (Å²) in [5.41, 5.74) is 1.34. The molecule has 1 amide bonds. The molecular formula is C26H29N3O4. The Hall–Kier alpha value is -3.53. The number of hydrogen-bond acceptors (Lipinski definition) is 6. The van der Waals surface area contributed by atoms with Gasteiger partial charge in [0.25, 0.3) is 5.91 Å². The molecule has 33 heavy (non-hydrogen) atoms. The Morgan fingerprint density at radius 3 is 2.27 bits per heavy atom. The lowest BCUT2D eigenvalue weighted by atomic mass is 9.49. The van der Waals surface area contributed by atoms with Gasteiger partial charge < -0.3 is 19.7 Å². The van der Waals surface area contributed by atoms with Crippen molar-refractivity contribution in [3.8, 4) is 17.6 Å². The van der Waals surface area contributed by atoms with E-state index >= 15 is 0 Å². The lowest BCUT2D eigenvalue weighted by Crippen LogP contribution is -2.74. The SMILES string of the molecule is COc1cc(OC2C(C)(C)C(NC(=O)c3ccc(N4CC(=O)C4)cc3)C2(C)C)ccc1C#N. The fourth-order valence-electron chi connectivity index (χ4n) is 5.37. The molecule has 0 unspecified atom stereocenters. The summed E-state index contributed by atoms with van der Waals surface area (Å²) in [7, 11) is 1.53. The Kier molecular flexibility index (Phi) is 5.57. The van der Waals surface area contributed by atoms with Crippen LogP contribution in [0.5, 0.6) is 11.5 Å². The molecule has 0 radical (unpaired) electrons. The average molecular weight is 448 g/mol. The fraction of sp³-hybridized carbons (Fsp3) is 0.423. The van der Waals surface area contributed by atoms with Gasteiger partial charge in [-0.05, 0) is 36.4 Å². The van der Waals surface area contributed by atoms with Crippen LogP contribution >= 0.6 is 0 Å². The van der Waals surface area contributed by atoms with Gasteiger partial charge in [-0.3, -0.25) is 9.59 Å². The Bertz CT molecular complexity index is 1110. The van der Waals surface area contributed by atoms with Crippen LogP contribution in [0.1, 0.15) is 43.6 Å². The molecule has 0 spiro atoms. The molecule has 2 aromatic rings. The highest BCUT2D eigenvalue weighted by Crippen LogP contribution is 2.55. The van der Waals surface area contributed by atoms with Crippen molar-refractivity contribution in [1.82, 2.24) is 5.32 Å². The van der Waals surface area contributed by atoms with Crippen molar-refractivity contribution in [2.75, 3.05) is 25.1 Å². The minimum absolute atomic E-state index is 0.101. The van der Waals surface area contributed by atoms with E-state index in [-0.39, 0.29) is 34.7 Å². The molecule has 1 N–H and O–H groups in total. The van der Waals surface area contributed by atoms with E-state index in [0.717, 1.165) is 5.69 Å². The molecule has 0 bridgehead atoms. The third-order valence-electron chi connectivity index (χ3n) is 6.89. The predicted octanol–water partition coefficient (Wildman–Crippen LogP) is 3.57. The van der Waals surface area contributed by atoms with Gasteiger partial charge in [0.15, 0.2) is 5.78 Å². The molecule has 172 valence electrons.